The summed E-state index contributed by atoms with van der Waals surface area (Å²) in [5.74, 6) is -2.15. The third-order valence-corrected chi connectivity index (χ3v) is 2.87. The van der Waals surface area contributed by atoms with Gasteiger partial charge in [0.05, 0.1) is 13.5 Å². The van der Waals surface area contributed by atoms with Crippen molar-refractivity contribution >= 4 is 5.97 Å². The molecule has 0 unspecified atom stereocenters. The van der Waals surface area contributed by atoms with Gasteiger partial charge in [-0.25, -0.2) is 4.39 Å². The second-order valence-electron chi connectivity index (χ2n) is 4.42. The Kier molecular flexibility index (Phi) is 4.73. The van der Waals surface area contributed by atoms with Crippen LogP contribution in [-0.4, -0.2) is 18.2 Å². The normalized spacial score (nSPS) is 10.1. The molecule has 0 radical (unpaired) electrons. The van der Waals surface area contributed by atoms with E-state index >= 15 is 0 Å². The van der Waals surface area contributed by atoms with E-state index in [1.165, 1.54) is 37.4 Å². The molecule has 0 bridgehead atoms. The van der Waals surface area contributed by atoms with Crippen molar-refractivity contribution in [3.05, 3.63) is 64.1 Å². The summed E-state index contributed by atoms with van der Waals surface area (Å²) in [4.78, 5) is 22.6. The molecule has 5 nitrogen and oxygen atoms in total. The van der Waals surface area contributed by atoms with Crippen molar-refractivity contribution in [3.8, 4) is 17.2 Å². The molecule has 0 aliphatic carbocycles. The fraction of sp³-hybridized carbons (Fsp3) is 0.125. The summed E-state index contributed by atoms with van der Waals surface area (Å²) >= 11 is 0. The zero-order valence-corrected chi connectivity index (χ0v) is 11.7. The van der Waals surface area contributed by atoms with E-state index < -0.39 is 23.0 Å². The van der Waals surface area contributed by atoms with Crippen molar-refractivity contribution in [1.29, 1.82) is 0 Å². The molecule has 0 aliphatic heterocycles. The first-order chi connectivity index (χ1) is 10.5. The molecule has 2 rings (SSSR count). The molecule has 0 heterocycles. The van der Waals surface area contributed by atoms with E-state index in [4.69, 9.17) is 4.74 Å². The number of hydrogen-bond donors (Lipinski definition) is 1. The van der Waals surface area contributed by atoms with Crippen molar-refractivity contribution in [1.82, 2.24) is 0 Å². The van der Waals surface area contributed by atoms with Crippen molar-refractivity contribution in [2.75, 3.05) is 7.11 Å². The first-order valence-corrected chi connectivity index (χ1v) is 6.36. The van der Waals surface area contributed by atoms with Crippen LogP contribution >= 0.6 is 0 Å². The molecule has 0 saturated heterocycles. The number of benzene rings is 1. The summed E-state index contributed by atoms with van der Waals surface area (Å²) in [6.45, 7) is 0. The molecule has 0 fully saturated rings. The Morgan fingerprint density at radius 3 is 2.59 bits per heavy atom. The van der Waals surface area contributed by atoms with Crippen LogP contribution in [-0.2, 0) is 16.0 Å². The van der Waals surface area contributed by atoms with E-state index in [-0.39, 0.29) is 17.9 Å². The van der Waals surface area contributed by atoms with Crippen molar-refractivity contribution in [2.24, 2.45) is 0 Å². The minimum Gasteiger partial charge on any atom is -0.502 e. The second kappa shape index (κ2) is 6.71. The molecule has 0 atom stereocenters. The molecular formula is C16H13FO5. The Labute approximate surface area is 125 Å². The maximum atomic E-state index is 14.0. The summed E-state index contributed by atoms with van der Waals surface area (Å²) in [6, 6.07) is 9.36. The molecule has 0 saturated carbocycles. The molecule has 2 aromatic rings. The van der Waals surface area contributed by atoms with Crippen molar-refractivity contribution in [3.63, 3.8) is 0 Å². The third-order valence-electron chi connectivity index (χ3n) is 2.87. The monoisotopic (exact) mass is 304 g/mol. The van der Waals surface area contributed by atoms with E-state index in [1.807, 2.05) is 0 Å². The lowest BCUT2D eigenvalue weighted by Crippen LogP contribution is -2.04. The lowest BCUT2D eigenvalue weighted by Gasteiger charge is -2.08. The largest absolute Gasteiger partial charge is 0.502 e. The molecular weight excluding hydrogens is 291 g/mol. The van der Waals surface area contributed by atoms with Crippen LogP contribution in [0.5, 0.6) is 17.2 Å². The average molecular weight is 304 g/mol. The van der Waals surface area contributed by atoms with Gasteiger partial charge < -0.3 is 14.6 Å². The summed E-state index contributed by atoms with van der Waals surface area (Å²) in [5.41, 5.74) is -0.216. The predicted octanol–water partition coefficient (Wildman–Crippen LogP) is 2.40. The van der Waals surface area contributed by atoms with Gasteiger partial charge in [0.1, 0.15) is 0 Å². The fourth-order valence-electron chi connectivity index (χ4n) is 1.74. The second-order valence-corrected chi connectivity index (χ2v) is 4.42. The van der Waals surface area contributed by atoms with E-state index in [2.05, 4.69) is 4.74 Å². The van der Waals surface area contributed by atoms with Gasteiger partial charge in [-0.15, -0.1) is 0 Å². The van der Waals surface area contributed by atoms with Crippen LogP contribution in [0.15, 0.2) is 47.3 Å². The Morgan fingerprint density at radius 2 is 1.91 bits per heavy atom. The van der Waals surface area contributed by atoms with Gasteiger partial charge in [0.2, 0.25) is 11.2 Å². The van der Waals surface area contributed by atoms with Gasteiger partial charge in [-0.2, -0.15) is 0 Å². The highest BCUT2D eigenvalue weighted by Crippen LogP contribution is 2.29. The van der Waals surface area contributed by atoms with Crippen LogP contribution in [0.25, 0.3) is 0 Å². The molecule has 1 N–H and O–H groups in total. The van der Waals surface area contributed by atoms with E-state index in [9.17, 15) is 19.1 Å². The molecule has 0 spiro atoms. The number of methoxy groups -OCH3 is 1. The minimum atomic E-state index is -0.722. The van der Waals surface area contributed by atoms with E-state index in [0.717, 1.165) is 12.1 Å². The van der Waals surface area contributed by atoms with Crippen LogP contribution in [0.2, 0.25) is 0 Å². The smallest absolute Gasteiger partial charge is 0.309 e. The SMILES string of the molecule is COC(=O)Cc1ccc(Oc2ccccc(=O)c2O)c(F)c1. The molecule has 0 aromatic heterocycles. The molecule has 6 heteroatoms. The molecule has 2 aromatic carbocycles. The standard InChI is InChI=1S/C16H13FO5/c1-21-15(19)9-10-6-7-13(11(17)8-10)22-14-5-3-2-4-12(18)16(14)20/h2-8H,9H2,1H3,(H,18,20). The van der Waals surface area contributed by atoms with Gasteiger partial charge in [-0.3, -0.25) is 9.59 Å². The highest BCUT2D eigenvalue weighted by molar-refractivity contribution is 5.72. The minimum absolute atomic E-state index is 0.0655. The Hall–Kier alpha value is -2.89. The van der Waals surface area contributed by atoms with Crippen LogP contribution < -0.4 is 10.2 Å². The maximum absolute atomic E-state index is 14.0. The fourth-order valence-corrected chi connectivity index (χ4v) is 1.74. The van der Waals surface area contributed by atoms with Crippen molar-refractivity contribution in [2.45, 2.75) is 6.42 Å². The number of carbonyl (C=O) groups is 1. The van der Waals surface area contributed by atoms with E-state index in [1.54, 1.807) is 0 Å². The number of hydrogen-bond acceptors (Lipinski definition) is 5. The summed E-state index contributed by atoms with van der Waals surface area (Å²) < 4.78 is 23.7. The first kappa shape index (κ1) is 15.5. The summed E-state index contributed by atoms with van der Waals surface area (Å²) in [7, 11) is 1.24. The number of esters is 1. The molecule has 22 heavy (non-hydrogen) atoms. The van der Waals surface area contributed by atoms with Gasteiger partial charge in [0, 0.05) is 0 Å². The topological polar surface area (TPSA) is 72.8 Å². The first-order valence-electron chi connectivity index (χ1n) is 6.36. The van der Waals surface area contributed by atoms with Crippen LogP contribution in [0, 0.1) is 5.82 Å². The Balaban J connectivity index is 2.28. The number of ether oxygens (including phenoxy) is 2. The Bertz CT molecular complexity index is 758. The van der Waals surface area contributed by atoms with Gasteiger partial charge in [-0.05, 0) is 29.8 Å². The molecule has 0 amide bonds. The highest BCUT2D eigenvalue weighted by atomic mass is 19.1. The van der Waals surface area contributed by atoms with Crippen molar-refractivity contribution < 1.29 is 23.8 Å². The summed E-state index contributed by atoms with van der Waals surface area (Å²) in [6.07, 6.45) is -0.0655. The summed E-state index contributed by atoms with van der Waals surface area (Å²) in [5, 5.41) is 9.69. The number of carbonyl (C=O) groups excluding carboxylic acids is 1. The lowest BCUT2D eigenvalue weighted by atomic mass is 10.1. The number of rotatable bonds is 4. The van der Waals surface area contributed by atoms with Crippen LogP contribution in [0.3, 0.4) is 0 Å². The van der Waals surface area contributed by atoms with Gasteiger partial charge in [-0.1, -0.05) is 18.2 Å². The maximum Gasteiger partial charge on any atom is 0.309 e. The number of halogens is 1. The van der Waals surface area contributed by atoms with Gasteiger partial charge in [0.15, 0.2) is 17.3 Å². The van der Waals surface area contributed by atoms with E-state index in [0.29, 0.717) is 5.56 Å². The predicted molar refractivity (Wildman–Crippen MR) is 76.6 cm³/mol. The van der Waals surface area contributed by atoms with Gasteiger partial charge >= 0.3 is 5.97 Å². The Morgan fingerprint density at radius 1 is 1.18 bits per heavy atom. The molecule has 0 aliphatic rings. The zero-order chi connectivity index (χ0) is 16.1. The average Bonchev–Trinajstić information content (AvgIpc) is 2.65. The quantitative estimate of drug-likeness (QED) is 0.878. The lowest BCUT2D eigenvalue weighted by molar-refractivity contribution is -0.139. The highest BCUT2D eigenvalue weighted by Gasteiger charge is 2.11. The number of aromatic hydroxyl groups is 1. The third kappa shape index (κ3) is 3.60. The van der Waals surface area contributed by atoms with Gasteiger partial charge in [0.25, 0.3) is 0 Å². The van der Waals surface area contributed by atoms with Crippen LogP contribution in [0.1, 0.15) is 5.56 Å². The molecule has 114 valence electrons. The zero-order valence-electron chi connectivity index (χ0n) is 11.7. The van der Waals surface area contributed by atoms with Crippen LogP contribution in [0.4, 0.5) is 4.39 Å².